The predicted molar refractivity (Wildman–Crippen MR) is 68.8 cm³/mol. The molecule has 0 fully saturated rings. The third-order valence-electron chi connectivity index (χ3n) is 2.62. The summed E-state index contributed by atoms with van der Waals surface area (Å²) in [5, 5.41) is 3.46. The van der Waals surface area contributed by atoms with E-state index in [4.69, 9.17) is 9.47 Å². The molecular formula is C13H29NO2. The average Bonchev–Trinajstić information content (AvgIpc) is 2.25. The SMILES string of the molecule is CCOCC(C)NCCC(OCC)C(C)C. The highest BCUT2D eigenvalue weighted by molar-refractivity contribution is 4.66. The summed E-state index contributed by atoms with van der Waals surface area (Å²) >= 11 is 0. The van der Waals surface area contributed by atoms with Crippen LogP contribution in [0.2, 0.25) is 0 Å². The lowest BCUT2D eigenvalue weighted by atomic mass is 10.0. The van der Waals surface area contributed by atoms with E-state index in [1.165, 1.54) is 0 Å². The first-order chi connectivity index (χ1) is 7.61. The van der Waals surface area contributed by atoms with Crippen LogP contribution in [0.25, 0.3) is 0 Å². The summed E-state index contributed by atoms with van der Waals surface area (Å²) in [6.45, 7) is 14.0. The Labute approximate surface area is 101 Å². The number of hydrogen-bond acceptors (Lipinski definition) is 3. The fourth-order valence-electron chi connectivity index (χ4n) is 1.65. The lowest BCUT2D eigenvalue weighted by Gasteiger charge is -2.22. The molecule has 98 valence electrons. The fraction of sp³-hybridized carbons (Fsp3) is 1.00. The van der Waals surface area contributed by atoms with Crippen LogP contribution in [0.3, 0.4) is 0 Å². The fourth-order valence-corrected chi connectivity index (χ4v) is 1.65. The van der Waals surface area contributed by atoms with E-state index in [0.717, 1.165) is 32.8 Å². The van der Waals surface area contributed by atoms with Gasteiger partial charge in [0.2, 0.25) is 0 Å². The first-order valence-electron chi connectivity index (χ1n) is 6.54. The number of nitrogens with one attached hydrogen (secondary N) is 1. The summed E-state index contributed by atoms with van der Waals surface area (Å²) in [7, 11) is 0. The van der Waals surface area contributed by atoms with Crippen LogP contribution in [0.5, 0.6) is 0 Å². The quantitative estimate of drug-likeness (QED) is 0.626. The lowest BCUT2D eigenvalue weighted by molar-refractivity contribution is 0.0239. The predicted octanol–water partition coefficient (Wildman–Crippen LogP) is 2.45. The number of rotatable bonds is 10. The number of ether oxygens (including phenoxy) is 2. The zero-order valence-electron chi connectivity index (χ0n) is 11.6. The molecule has 0 radical (unpaired) electrons. The van der Waals surface area contributed by atoms with Crippen LogP contribution in [-0.2, 0) is 9.47 Å². The molecule has 16 heavy (non-hydrogen) atoms. The van der Waals surface area contributed by atoms with E-state index in [1.54, 1.807) is 0 Å². The van der Waals surface area contributed by atoms with Gasteiger partial charge >= 0.3 is 0 Å². The molecule has 0 saturated carbocycles. The molecule has 0 saturated heterocycles. The average molecular weight is 231 g/mol. The molecule has 2 unspecified atom stereocenters. The minimum Gasteiger partial charge on any atom is -0.380 e. The summed E-state index contributed by atoms with van der Waals surface area (Å²) in [5.41, 5.74) is 0. The molecule has 0 aromatic rings. The van der Waals surface area contributed by atoms with Gasteiger partial charge < -0.3 is 14.8 Å². The Kier molecular flexibility index (Phi) is 9.99. The van der Waals surface area contributed by atoms with Crippen molar-refractivity contribution in [2.24, 2.45) is 5.92 Å². The molecule has 0 heterocycles. The molecule has 0 aliphatic heterocycles. The van der Waals surface area contributed by atoms with Crippen LogP contribution in [0.1, 0.15) is 41.0 Å². The lowest BCUT2D eigenvalue weighted by Crippen LogP contribution is -2.34. The van der Waals surface area contributed by atoms with Crippen LogP contribution in [0.4, 0.5) is 0 Å². The zero-order chi connectivity index (χ0) is 12.4. The van der Waals surface area contributed by atoms with Gasteiger partial charge in [-0.1, -0.05) is 13.8 Å². The maximum absolute atomic E-state index is 5.70. The Bertz CT molecular complexity index is 151. The van der Waals surface area contributed by atoms with Crippen LogP contribution in [0, 0.1) is 5.92 Å². The molecule has 3 heteroatoms. The number of hydrogen-bond donors (Lipinski definition) is 1. The van der Waals surface area contributed by atoms with Gasteiger partial charge in [-0.05, 0) is 39.7 Å². The van der Waals surface area contributed by atoms with E-state index < -0.39 is 0 Å². The van der Waals surface area contributed by atoms with Gasteiger partial charge in [0.25, 0.3) is 0 Å². The molecule has 0 spiro atoms. The van der Waals surface area contributed by atoms with Crippen molar-refractivity contribution < 1.29 is 9.47 Å². The molecular weight excluding hydrogens is 202 g/mol. The highest BCUT2D eigenvalue weighted by Crippen LogP contribution is 2.10. The molecule has 0 aromatic carbocycles. The Morgan fingerprint density at radius 3 is 2.25 bits per heavy atom. The summed E-state index contributed by atoms with van der Waals surface area (Å²) in [4.78, 5) is 0. The normalized spacial score (nSPS) is 15.4. The molecule has 0 aromatic heterocycles. The Balaban J connectivity index is 3.60. The van der Waals surface area contributed by atoms with E-state index in [-0.39, 0.29) is 0 Å². The van der Waals surface area contributed by atoms with Crippen molar-refractivity contribution in [1.29, 1.82) is 0 Å². The Morgan fingerprint density at radius 1 is 1.06 bits per heavy atom. The van der Waals surface area contributed by atoms with Gasteiger partial charge in [0, 0.05) is 19.3 Å². The molecule has 2 atom stereocenters. The molecule has 0 aliphatic rings. The monoisotopic (exact) mass is 231 g/mol. The van der Waals surface area contributed by atoms with Gasteiger partial charge in [-0.2, -0.15) is 0 Å². The van der Waals surface area contributed by atoms with Crippen LogP contribution < -0.4 is 5.32 Å². The third kappa shape index (κ3) is 8.08. The molecule has 3 nitrogen and oxygen atoms in total. The summed E-state index contributed by atoms with van der Waals surface area (Å²) in [6, 6.07) is 0.425. The van der Waals surface area contributed by atoms with Crippen molar-refractivity contribution >= 4 is 0 Å². The summed E-state index contributed by atoms with van der Waals surface area (Å²) < 4.78 is 11.0. The Morgan fingerprint density at radius 2 is 1.75 bits per heavy atom. The maximum atomic E-state index is 5.70. The summed E-state index contributed by atoms with van der Waals surface area (Å²) in [6.07, 6.45) is 1.44. The van der Waals surface area contributed by atoms with E-state index in [9.17, 15) is 0 Å². The molecule has 0 aliphatic carbocycles. The van der Waals surface area contributed by atoms with E-state index in [1.807, 2.05) is 6.92 Å². The van der Waals surface area contributed by atoms with Gasteiger partial charge in [0.05, 0.1) is 12.7 Å². The highest BCUT2D eigenvalue weighted by atomic mass is 16.5. The topological polar surface area (TPSA) is 30.5 Å². The van der Waals surface area contributed by atoms with Crippen molar-refractivity contribution in [3.63, 3.8) is 0 Å². The zero-order valence-corrected chi connectivity index (χ0v) is 11.6. The second-order valence-corrected chi connectivity index (χ2v) is 4.54. The molecule has 1 N–H and O–H groups in total. The first kappa shape index (κ1) is 15.9. The van der Waals surface area contributed by atoms with E-state index in [0.29, 0.717) is 18.1 Å². The third-order valence-corrected chi connectivity index (χ3v) is 2.62. The van der Waals surface area contributed by atoms with Crippen LogP contribution >= 0.6 is 0 Å². The van der Waals surface area contributed by atoms with Gasteiger partial charge in [-0.3, -0.25) is 0 Å². The molecule has 0 rings (SSSR count). The minimum absolute atomic E-state index is 0.372. The second kappa shape index (κ2) is 10.1. The van der Waals surface area contributed by atoms with Gasteiger partial charge in [0.1, 0.15) is 0 Å². The van der Waals surface area contributed by atoms with Gasteiger partial charge in [-0.15, -0.1) is 0 Å². The van der Waals surface area contributed by atoms with Crippen molar-refractivity contribution in [1.82, 2.24) is 5.32 Å². The van der Waals surface area contributed by atoms with Crippen molar-refractivity contribution in [2.45, 2.75) is 53.2 Å². The minimum atomic E-state index is 0.372. The maximum Gasteiger partial charge on any atom is 0.0616 e. The molecule has 0 bridgehead atoms. The van der Waals surface area contributed by atoms with Gasteiger partial charge in [0.15, 0.2) is 0 Å². The Hall–Kier alpha value is -0.120. The van der Waals surface area contributed by atoms with Crippen molar-refractivity contribution in [2.75, 3.05) is 26.4 Å². The second-order valence-electron chi connectivity index (χ2n) is 4.54. The standard InChI is InChI=1S/C13H29NO2/c1-6-15-10-12(5)14-9-8-13(11(3)4)16-7-2/h11-14H,6-10H2,1-5H3. The first-order valence-corrected chi connectivity index (χ1v) is 6.54. The van der Waals surface area contributed by atoms with Gasteiger partial charge in [-0.25, -0.2) is 0 Å². The largest absolute Gasteiger partial charge is 0.380 e. The molecule has 0 amide bonds. The van der Waals surface area contributed by atoms with Crippen LogP contribution in [-0.4, -0.2) is 38.5 Å². The summed E-state index contributed by atoms with van der Waals surface area (Å²) in [5.74, 6) is 0.587. The van der Waals surface area contributed by atoms with Crippen molar-refractivity contribution in [3.8, 4) is 0 Å². The highest BCUT2D eigenvalue weighted by Gasteiger charge is 2.13. The van der Waals surface area contributed by atoms with E-state index in [2.05, 4.69) is 33.0 Å². The van der Waals surface area contributed by atoms with E-state index >= 15 is 0 Å². The van der Waals surface area contributed by atoms with Crippen molar-refractivity contribution in [3.05, 3.63) is 0 Å². The smallest absolute Gasteiger partial charge is 0.0616 e. The van der Waals surface area contributed by atoms with Crippen LogP contribution in [0.15, 0.2) is 0 Å².